The lowest BCUT2D eigenvalue weighted by Crippen LogP contribution is -2.37. The van der Waals surface area contributed by atoms with Crippen molar-refractivity contribution in [1.82, 2.24) is 9.97 Å². The van der Waals surface area contributed by atoms with E-state index in [0.29, 0.717) is 28.6 Å². The van der Waals surface area contributed by atoms with Crippen LogP contribution < -0.4 is 0 Å². The largest absolute Gasteiger partial charge is 0.497 e. The van der Waals surface area contributed by atoms with Crippen molar-refractivity contribution in [1.29, 1.82) is 0 Å². The molecule has 0 aromatic carbocycles. The van der Waals surface area contributed by atoms with E-state index in [1.54, 1.807) is 0 Å². The number of Topliss-reactive ketones (excluding diaryl/α,β-unsaturated/α-hetero) is 1. The Morgan fingerprint density at radius 2 is 1.87 bits per heavy atom. The number of hydrogen-bond acceptors (Lipinski definition) is 8. The zero-order valence-corrected chi connectivity index (χ0v) is 18.6. The molecule has 0 unspecified atom stereocenters. The summed E-state index contributed by atoms with van der Waals surface area (Å²) in [5.74, 6) is -0.164. The lowest BCUT2D eigenvalue weighted by Gasteiger charge is -2.28. The highest BCUT2D eigenvalue weighted by molar-refractivity contribution is 7.92. The van der Waals surface area contributed by atoms with Crippen molar-refractivity contribution < 1.29 is 31.5 Å². The molecule has 0 bridgehead atoms. The highest BCUT2D eigenvalue weighted by Crippen LogP contribution is 2.37. The molecule has 1 saturated carbocycles. The minimum absolute atomic E-state index is 0.0601. The number of sulfone groups is 1. The van der Waals surface area contributed by atoms with Crippen LogP contribution in [0, 0.1) is 12.8 Å². The quantitative estimate of drug-likeness (QED) is 0.639. The molecule has 6 nitrogen and oxygen atoms in total. The average Bonchev–Trinajstić information content (AvgIpc) is 3.27. The second kappa shape index (κ2) is 9.01. The van der Waals surface area contributed by atoms with Gasteiger partial charge in [-0.2, -0.15) is 13.2 Å². The predicted molar refractivity (Wildman–Crippen MR) is 108 cm³/mol. The van der Waals surface area contributed by atoms with E-state index in [0.717, 1.165) is 10.6 Å². The van der Waals surface area contributed by atoms with E-state index in [1.165, 1.54) is 22.7 Å². The van der Waals surface area contributed by atoms with Crippen molar-refractivity contribution in [3.63, 3.8) is 0 Å². The highest BCUT2D eigenvalue weighted by atomic mass is 32.2. The molecule has 1 aliphatic carbocycles. The summed E-state index contributed by atoms with van der Waals surface area (Å²) in [6.45, 7) is 1.68. The molecule has 0 aliphatic heterocycles. The summed E-state index contributed by atoms with van der Waals surface area (Å²) in [7, 11) is -5.14. The molecule has 0 atom stereocenters. The normalized spacial score (nSPS) is 20.4. The summed E-state index contributed by atoms with van der Waals surface area (Å²) in [6.07, 6.45) is 0.786. The van der Waals surface area contributed by atoms with Gasteiger partial charge in [-0.15, -0.1) is 22.7 Å². The number of ketones is 1. The maximum Gasteiger partial charge on any atom is 0.497 e. The van der Waals surface area contributed by atoms with Gasteiger partial charge in [0.05, 0.1) is 34.5 Å². The number of carbonyl (C=O) groups excluding carboxylic acids is 1. The highest BCUT2D eigenvalue weighted by Gasteiger charge is 2.51. The van der Waals surface area contributed by atoms with Crippen LogP contribution in [0.1, 0.15) is 47.8 Å². The molecule has 0 spiro atoms. The van der Waals surface area contributed by atoms with Crippen LogP contribution in [-0.4, -0.2) is 40.0 Å². The molecule has 1 N–H and O–H groups in total. The summed E-state index contributed by atoms with van der Waals surface area (Å²) in [5, 5.41) is 10.9. The maximum atomic E-state index is 12.7. The van der Waals surface area contributed by atoms with Gasteiger partial charge in [-0.3, -0.25) is 4.79 Å². The SMILES string of the molecule is Cc1nc(CO)sc1-c1csc(CC(=O)CC2CCC(S(=O)(=O)C(F)(F)F)CC2)n1. The average molecular weight is 483 g/mol. The number of carbonyl (C=O) groups is 1. The Kier molecular flexibility index (Phi) is 7.00. The van der Waals surface area contributed by atoms with Crippen LogP contribution in [-0.2, 0) is 27.7 Å². The van der Waals surface area contributed by atoms with Gasteiger partial charge in [0, 0.05) is 11.8 Å². The van der Waals surface area contributed by atoms with Crippen LogP contribution in [0.4, 0.5) is 13.2 Å². The van der Waals surface area contributed by atoms with E-state index >= 15 is 0 Å². The van der Waals surface area contributed by atoms with Crippen LogP contribution in [0.25, 0.3) is 10.6 Å². The predicted octanol–water partition coefficient (Wildman–Crippen LogP) is 4.06. The Balaban J connectivity index is 1.54. The molecule has 166 valence electrons. The van der Waals surface area contributed by atoms with Crippen molar-refractivity contribution >= 4 is 38.3 Å². The lowest BCUT2D eigenvalue weighted by atomic mass is 9.85. The van der Waals surface area contributed by atoms with Gasteiger partial charge in [0.1, 0.15) is 15.8 Å². The molecule has 2 aromatic heterocycles. The number of alkyl halides is 3. The summed E-state index contributed by atoms with van der Waals surface area (Å²) < 4.78 is 61.1. The van der Waals surface area contributed by atoms with Gasteiger partial charge in [0.2, 0.25) is 0 Å². The number of hydrogen-bond donors (Lipinski definition) is 1. The van der Waals surface area contributed by atoms with E-state index < -0.39 is 20.6 Å². The summed E-state index contributed by atoms with van der Waals surface area (Å²) >= 11 is 2.69. The Morgan fingerprint density at radius 3 is 2.43 bits per heavy atom. The first-order valence-corrected chi connectivity index (χ1v) is 12.6. The molecule has 2 aromatic rings. The van der Waals surface area contributed by atoms with E-state index in [-0.39, 0.29) is 44.0 Å². The van der Waals surface area contributed by atoms with Gasteiger partial charge in [0.15, 0.2) is 0 Å². The summed E-state index contributed by atoms with van der Waals surface area (Å²) in [4.78, 5) is 22.0. The van der Waals surface area contributed by atoms with Gasteiger partial charge in [-0.05, 0) is 38.5 Å². The monoisotopic (exact) mass is 482 g/mol. The Labute approximate surface area is 180 Å². The number of aliphatic hydroxyl groups excluding tert-OH is 1. The topological polar surface area (TPSA) is 97.2 Å². The van der Waals surface area contributed by atoms with Gasteiger partial charge >= 0.3 is 5.51 Å². The number of nitrogens with zero attached hydrogens (tertiary/aromatic N) is 2. The molecule has 2 heterocycles. The number of thiazole rings is 2. The fraction of sp³-hybridized carbons (Fsp3) is 0.611. The molecule has 3 rings (SSSR count). The van der Waals surface area contributed by atoms with Crippen molar-refractivity contribution in [2.45, 2.75) is 62.8 Å². The van der Waals surface area contributed by atoms with E-state index in [1.807, 2.05) is 12.3 Å². The van der Waals surface area contributed by atoms with Crippen molar-refractivity contribution in [2.24, 2.45) is 5.92 Å². The third-order valence-electron chi connectivity index (χ3n) is 5.18. The molecule has 1 aliphatic rings. The van der Waals surface area contributed by atoms with Gasteiger partial charge < -0.3 is 5.11 Å². The smallest absolute Gasteiger partial charge is 0.389 e. The fourth-order valence-corrected chi connectivity index (χ4v) is 6.70. The first-order chi connectivity index (χ1) is 14.0. The maximum absolute atomic E-state index is 12.7. The molecule has 30 heavy (non-hydrogen) atoms. The lowest BCUT2D eigenvalue weighted by molar-refractivity contribution is -0.119. The van der Waals surface area contributed by atoms with E-state index in [2.05, 4.69) is 9.97 Å². The zero-order chi connectivity index (χ0) is 22.1. The van der Waals surface area contributed by atoms with E-state index in [9.17, 15) is 31.5 Å². The van der Waals surface area contributed by atoms with E-state index in [4.69, 9.17) is 0 Å². The summed E-state index contributed by atoms with van der Waals surface area (Å²) in [5.41, 5.74) is -3.76. The van der Waals surface area contributed by atoms with Gasteiger partial charge in [-0.1, -0.05) is 0 Å². The molecule has 0 saturated heterocycles. The number of aromatic nitrogens is 2. The van der Waals surface area contributed by atoms with Crippen LogP contribution in [0.15, 0.2) is 5.38 Å². The van der Waals surface area contributed by atoms with Crippen molar-refractivity contribution in [2.75, 3.05) is 0 Å². The molecule has 1 fully saturated rings. The first-order valence-electron chi connectivity index (χ1n) is 9.35. The second-order valence-corrected chi connectivity index (χ2v) is 11.6. The third kappa shape index (κ3) is 5.09. The third-order valence-corrected chi connectivity index (χ3v) is 9.19. The second-order valence-electron chi connectivity index (χ2n) is 7.36. The number of aliphatic hydroxyl groups is 1. The molecular weight excluding hydrogens is 461 g/mol. The summed E-state index contributed by atoms with van der Waals surface area (Å²) in [6, 6.07) is 0. The number of aryl methyl sites for hydroxylation is 1. The first kappa shape index (κ1) is 23.3. The number of halogens is 3. The van der Waals surface area contributed by atoms with Crippen LogP contribution in [0.3, 0.4) is 0 Å². The molecular formula is C18H21F3N2O4S3. The minimum atomic E-state index is -5.22. The Hall–Kier alpha value is -1.37. The zero-order valence-electron chi connectivity index (χ0n) is 16.1. The van der Waals surface area contributed by atoms with Crippen LogP contribution in [0.5, 0.6) is 0 Å². The Bertz CT molecular complexity index is 1010. The molecule has 0 amide bonds. The van der Waals surface area contributed by atoms with Crippen LogP contribution in [0.2, 0.25) is 0 Å². The van der Waals surface area contributed by atoms with Gasteiger partial charge in [0.25, 0.3) is 9.84 Å². The Morgan fingerprint density at radius 1 is 1.20 bits per heavy atom. The standard InChI is InChI=1S/C18H21F3N2O4S3/c1-10-17(29-16(8-24)22-10)14-9-28-15(23-14)7-12(25)6-11-2-4-13(5-3-11)30(26,27)18(19,20)21/h9,11,13,24H,2-8H2,1H3. The van der Waals surface area contributed by atoms with Crippen molar-refractivity contribution in [3.05, 3.63) is 21.1 Å². The van der Waals surface area contributed by atoms with Crippen molar-refractivity contribution in [3.8, 4) is 10.6 Å². The molecule has 0 radical (unpaired) electrons. The van der Waals surface area contributed by atoms with Gasteiger partial charge in [-0.25, -0.2) is 18.4 Å². The fourth-order valence-electron chi connectivity index (χ4n) is 3.65. The minimum Gasteiger partial charge on any atom is -0.389 e. The molecule has 12 heteroatoms. The van der Waals surface area contributed by atoms with Crippen LogP contribution >= 0.6 is 22.7 Å². The number of rotatable bonds is 7.